The van der Waals surface area contributed by atoms with E-state index in [0.717, 1.165) is 29.5 Å². The van der Waals surface area contributed by atoms with Crippen LogP contribution in [-0.4, -0.2) is 45.3 Å². The Hall–Kier alpha value is -3.54. The zero-order valence-corrected chi connectivity index (χ0v) is 20.1. The number of anilines is 4. The summed E-state index contributed by atoms with van der Waals surface area (Å²) in [5, 5.41) is 13.0. The number of aromatic nitrogens is 4. The van der Waals surface area contributed by atoms with Gasteiger partial charge in [0.15, 0.2) is 11.0 Å². The van der Waals surface area contributed by atoms with E-state index >= 15 is 0 Å². The smallest absolute Gasteiger partial charge is 0.348 e. The number of alkyl halides is 3. The Kier molecular flexibility index (Phi) is 7.01. The van der Waals surface area contributed by atoms with Crippen LogP contribution >= 0.6 is 11.8 Å². The third-order valence-corrected chi connectivity index (χ3v) is 6.03. The molecule has 8 nitrogen and oxygen atoms in total. The zero-order valence-electron chi connectivity index (χ0n) is 19.3. The van der Waals surface area contributed by atoms with Crippen molar-refractivity contribution in [3.63, 3.8) is 0 Å². The zero-order chi connectivity index (χ0) is 25.2. The first-order chi connectivity index (χ1) is 16.5. The van der Waals surface area contributed by atoms with Crippen molar-refractivity contribution >= 4 is 40.8 Å². The van der Waals surface area contributed by atoms with Gasteiger partial charge >= 0.3 is 6.18 Å². The predicted molar refractivity (Wildman–Crippen MR) is 129 cm³/mol. The molecule has 1 amide bonds. The molecule has 2 aromatic heterocycles. The molecule has 0 spiro atoms. The maximum absolute atomic E-state index is 12.4. The van der Waals surface area contributed by atoms with Crippen LogP contribution in [0, 0.1) is 6.92 Å². The first-order valence-corrected chi connectivity index (χ1v) is 11.6. The van der Waals surface area contributed by atoms with Gasteiger partial charge in [-0.2, -0.15) is 18.3 Å². The molecule has 0 saturated carbocycles. The summed E-state index contributed by atoms with van der Waals surface area (Å²) in [4.78, 5) is 23.7. The quantitative estimate of drug-likeness (QED) is 0.291. The number of hydrogen-bond acceptors (Lipinski definition) is 7. The fraction of sp³-hybridized carbons (Fsp3) is 0.304. The van der Waals surface area contributed by atoms with Gasteiger partial charge < -0.3 is 15.5 Å². The molecule has 1 saturated heterocycles. The number of rotatable bonds is 7. The van der Waals surface area contributed by atoms with Gasteiger partial charge in [-0.3, -0.25) is 9.89 Å². The van der Waals surface area contributed by atoms with Gasteiger partial charge in [-0.05, 0) is 62.4 Å². The lowest BCUT2D eigenvalue weighted by molar-refractivity contribution is -0.150. The van der Waals surface area contributed by atoms with Gasteiger partial charge in [0.1, 0.15) is 18.1 Å². The number of nitrogens with one attached hydrogen (secondary N) is 3. The predicted octanol–water partition coefficient (Wildman–Crippen LogP) is 5.45. The lowest BCUT2D eigenvalue weighted by atomic mass is 10.0. The standard InChI is InChI=1S/C23H24F3N7OS/c1-13(2)15-11-33(12-15)20-9-18(28-19-8-14(3)31-32-19)29-22(30-20)35-17-6-4-16(5-7-17)27-21(34)10-23(24,25)26/h4-9H,10-12H2,1-3H3,(H,27,34)(H2,28,29,30,31,32). The second kappa shape index (κ2) is 9.98. The number of carbonyl (C=O) groups is 1. The molecular weight excluding hydrogens is 479 g/mol. The van der Waals surface area contributed by atoms with Crippen molar-refractivity contribution < 1.29 is 18.0 Å². The minimum Gasteiger partial charge on any atom is -0.348 e. The van der Waals surface area contributed by atoms with E-state index in [0.29, 0.717) is 16.8 Å². The largest absolute Gasteiger partial charge is 0.397 e. The number of H-pyrrole nitrogens is 1. The third-order valence-electron chi connectivity index (χ3n) is 5.16. The van der Waals surface area contributed by atoms with Gasteiger partial charge in [-0.15, -0.1) is 0 Å². The van der Waals surface area contributed by atoms with Gasteiger partial charge in [0, 0.05) is 41.5 Å². The first kappa shape index (κ1) is 24.6. The number of halogens is 3. The molecule has 1 aliphatic rings. The SMILES string of the molecule is CC(C)=C1CN(c2cc(Nc3cc(C)[nH]n3)nc(Sc3ccc(NC(=O)CC(F)(F)F)cc3)n2)C1. The average molecular weight is 504 g/mol. The van der Waals surface area contributed by atoms with Crippen molar-refractivity contribution in [1.29, 1.82) is 0 Å². The van der Waals surface area contributed by atoms with Crippen LogP contribution < -0.4 is 15.5 Å². The molecule has 0 aliphatic carbocycles. The van der Waals surface area contributed by atoms with Crippen LogP contribution in [0.5, 0.6) is 0 Å². The minimum absolute atomic E-state index is 0.282. The van der Waals surface area contributed by atoms with Crippen molar-refractivity contribution in [3.05, 3.63) is 53.2 Å². The highest BCUT2D eigenvalue weighted by atomic mass is 32.2. The van der Waals surface area contributed by atoms with E-state index in [-0.39, 0.29) is 5.69 Å². The third kappa shape index (κ3) is 6.75. The molecule has 184 valence electrons. The second-order valence-electron chi connectivity index (χ2n) is 8.38. The molecule has 1 aliphatic heterocycles. The molecule has 3 heterocycles. The normalized spacial score (nSPS) is 13.4. The van der Waals surface area contributed by atoms with Crippen LogP contribution in [-0.2, 0) is 4.79 Å². The summed E-state index contributed by atoms with van der Waals surface area (Å²) in [5.74, 6) is 0.892. The summed E-state index contributed by atoms with van der Waals surface area (Å²) in [6, 6.07) is 10.2. The number of aromatic amines is 1. The van der Waals surface area contributed by atoms with Crippen LogP contribution in [0.2, 0.25) is 0 Å². The Bertz CT molecular complexity index is 1240. The fourth-order valence-corrected chi connectivity index (χ4v) is 4.06. The molecule has 12 heteroatoms. The summed E-state index contributed by atoms with van der Waals surface area (Å²) in [7, 11) is 0. The van der Waals surface area contributed by atoms with E-state index in [9.17, 15) is 18.0 Å². The van der Waals surface area contributed by atoms with E-state index < -0.39 is 18.5 Å². The van der Waals surface area contributed by atoms with Crippen LogP contribution in [0.1, 0.15) is 26.0 Å². The van der Waals surface area contributed by atoms with Crippen molar-refractivity contribution in [1.82, 2.24) is 20.2 Å². The van der Waals surface area contributed by atoms with Crippen LogP contribution in [0.3, 0.4) is 0 Å². The van der Waals surface area contributed by atoms with Crippen LogP contribution in [0.4, 0.5) is 36.3 Å². The Balaban J connectivity index is 1.50. The second-order valence-corrected chi connectivity index (χ2v) is 9.42. The van der Waals surface area contributed by atoms with Crippen molar-refractivity contribution in [2.24, 2.45) is 0 Å². The molecule has 0 unspecified atom stereocenters. The summed E-state index contributed by atoms with van der Waals surface area (Å²) in [6.45, 7) is 7.70. The monoisotopic (exact) mass is 503 g/mol. The Morgan fingerprint density at radius 3 is 2.43 bits per heavy atom. The fourth-order valence-electron chi connectivity index (χ4n) is 3.29. The van der Waals surface area contributed by atoms with Gasteiger partial charge in [-0.25, -0.2) is 9.97 Å². The number of aryl methyl sites for hydroxylation is 1. The maximum Gasteiger partial charge on any atom is 0.397 e. The van der Waals surface area contributed by atoms with Crippen molar-refractivity contribution in [3.8, 4) is 0 Å². The summed E-state index contributed by atoms with van der Waals surface area (Å²) < 4.78 is 37.1. The topological polar surface area (TPSA) is 98.8 Å². The highest BCUT2D eigenvalue weighted by Crippen LogP contribution is 2.32. The lowest BCUT2D eigenvalue weighted by Crippen LogP contribution is -2.41. The number of carbonyl (C=O) groups excluding carboxylic acids is 1. The van der Waals surface area contributed by atoms with Crippen molar-refractivity contribution in [2.45, 2.75) is 43.4 Å². The molecule has 4 rings (SSSR count). The molecule has 35 heavy (non-hydrogen) atoms. The molecular formula is C23H24F3N7OS. The Morgan fingerprint density at radius 2 is 1.83 bits per heavy atom. The molecule has 0 bridgehead atoms. The summed E-state index contributed by atoms with van der Waals surface area (Å²) in [5.41, 5.74) is 3.87. The molecule has 3 aromatic rings. The van der Waals surface area contributed by atoms with E-state index in [1.165, 1.54) is 22.9 Å². The van der Waals surface area contributed by atoms with E-state index in [2.05, 4.69) is 44.6 Å². The number of hydrogen-bond donors (Lipinski definition) is 3. The van der Waals surface area contributed by atoms with Gasteiger partial charge in [0.2, 0.25) is 5.91 Å². The Labute approximate surface area is 204 Å². The number of nitrogens with zero attached hydrogens (tertiary/aromatic N) is 4. The average Bonchev–Trinajstić information content (AvgIpc) is 3.11. The molecule has 1 aromatic carbocycles. The molecule has 1 fully saturated rings. The maximum atomic E-state index is 12.4. The lowest BCUT2D eigenvalue weighted by Gasteiger charge is -2.36. The summed E-state index contributed by atoms with van der Waals surface area (Å²) in [6.07, 6.45) is -6.08. The Morgan fingerprint density at radius 1 is 1.11 bits per heavy atom. The minimum atomic E-state index is -4.55. The number of amides is 1. The van der Waals surface area contributed by atoms with Gasteiger partial charge in [-0.1, -0.05) is 5.57 Å². The molecule has 0 radical (unpaired) electrons. The van der Waals surface area contributed by atoms with Crippen LogP contribution in [0.25, 0.3) is 0 Å². The highest BCUT2D eigenvalue weighted by Gasteiger charge is 2.31. The van der Waals surface area contributed by atoms with E-state index in [1.54, 1.807) is 24.3 Å². The van der Waals surface area contributed by atoms with Crippen LogP contribution in [0.15, 0.2) is 57.6 Å². The van der Waals surface area contributed by atoms with E-state index in [1.807, 2.05) is 19.1 Å². The van der Waals surface area contributed by atoms with Gasteiger partial charge in [0.25, 0.3) is 0 Å². The van der Waals surface area contributed by atoms with Crippen molar-refractivity contribution in [2.75, 3.05) is 28.6 Å². The highest BCUT2D eigenvalue weighted by molar-refractivity contribution is 7.99. The van der Waals surface area contributed by atoms with E-state index in [4.69, 9.17) is 4.98 Å². The number of allylic oxidation sites excluding steroid dienone is 1. The number of benzene rings is 1. The van der Waals surface area contributed by atoms with Gasteiger partial charge in [0.05, 0.1) is 0 Å². The molecule has 0 atom stereocenters. The first-order valence-electron chi connectivity index (χ1n) is 10.8. The molecule has 3 N–H and O–H groups in total. The summed E-state index contributed by atoms with van der Waals surface area (Å²) >= 11 is 1.31.